The Balaban J connectivity index is 1.90. The Morgan fingerprint density at radius 3 is 2.59 bits per heavy atom. The van der Waals surface area contributed by atoms with Crippen molar-refractivity contribution in [2.45, 2.75) is 58.4 Å². The van der Waals surface area contributed by atoms with E-state index < -0.39 is 0 Å². The molecule has 1 aromatic rings. The van der Waals surface area contributed by atoms with Gasteiger partial charge in [0.1, 0.15) is 0 Å². The van der Waals surface area contributed by atoms with E-state index in [1.807, 2.05) is 11.3 Å². The molecule has 0 radical (unpaired) electrons. The first-order valence-corrected chi connectivity index (χ1v) is 7.90. The second kappa shape index (κ2) is 6.01. The van der Waals surface area contributed by atoms with Gasteiger partial charge in [-0.2, -0.15) is 0 Å². The Bertz CT molecular complexity index is 336. The van der Waals surface area contributed by atoms with E-state index in [0.29, 0.717) is 0 Å². The van der Waals surface area contributed by atoms with E-state index in [-0.39, 0.29) is 6.04 Å². The first-order valence-electron chi connectivity index (χ1n) is 7.02. The Morgan fingerprint density at radius 2 is 2.06 bits per heavy atom. The molecule has 2 heteroatoms. The SMILES string of the molecule is CCCC1CCC(C(N)c2ccsc2C)CC1. The molecule has 1 fully saturated rings. The fraction of sp³-hybridized carbons (Fsp3) is 0.733. The van der Waals surface area contributed by atoms with Crippen LogP contribution >= 0.6 is 11.3 Å². The Hall–Kier alpha value is -0.340. The van der Waals surface area contributed by atoms with E-state index in [4.69, 9.17) is 5.73 Å². The van der Waals surface area contributed by atoms with Crippen molar-refractivity contribution in [1.29, 1.82) is 0 Å². The molecule has 1 aromatic heterocycles. The number of nitrogens with two attached hydrogens (primary N) is 1. The molecule has 2 rings (SSSR count). The fourth-order valence-electron chi connectivity index (χ4n) is 3.24. The molecular weight excluding hydrogens is 226 g/mol. The molecule has 1 aliphatic carbocycles. The zero-order chi connectivity index (χ0) is 12.3. The van der Waals surface area contributed by atoms with Gasteiger partial charge in [-0.15, -0.1) is 11.3 Å². The molecule has 1 nitrogen and oxygen atoms in total. The van der Waals surface area contributed by atoms with Gasteiger partial charge >= 0.3 is 0 Å². The summed E-state index contributed by atoms with van der Waals surface area (Å²) in [6, 6.07) is 2.51. The zero-order valence-corrected chi connectivity index (χ0v) is 11.9. The average Bonchev–Trinajstić information content (AvgIpc) is 2.76. The molecule has 1 atom stereocenters. The zero-order valence-electron chi connectivity index (χ0n) is 11.1. The minimum absolute atomic E-state index is 0.281. The highest BCUT2D eigenvalue weighted by Crippen LogP contribution is 2.38. The molecule has 1 aliphatic rings. The molecule has 1 saturated carbocycles. The molecule has 0 spiro atoms. The first-order chi connectivity index (χ1) is 8.22. The number of hydrogen-bond acceptors (Lipinski definition) is 2. The minimum atomic E-state index is 0.281. The maximum Gasteiger partial charge on any atom is 0.0334 e. The van der Waals surface area contributed by atoms with E-state index in [0.717, 1.165) is 11.8 Å². The summed E-state index contributed by atoms with van der Waals surface area (Å²) in [5.74, 6) is 1.70. The molecule has 0 aliphatic heterocycles. The van der Waals surface area contributed by atoms with E-state index >= 15 is 0 Å². The van der Waals surface area contributed by atoms with Crippen LogP contribution in [0.4, 0.5) is 0 Å². The van der Waals surface area contributed by atoms with Crippen LogP contribution < -0.4 is 5.73 Å². The molecule has 96 valence electrons. The van der Waals surface area contributed by atoms with Gasteiger partial charge in [-0.1, -0.05) is 32.6 Å². The fourth-order valence-corrected chi connectivity index (χ4v) is 4.00. The highest BCUT2D eigenvalue weighted by Gasteiger charge is 2.26. The van der Waals surface area contributed by atoms with Gasteiger partial charge in [-0.25, -0.2) is 0 Å². The summed E-state index contributed by atoms with van der Waals surface area (Å²) in [7, 11) is 0. The lowest BCUT2D eigenvalue weighted by Crippen LogP contribution is -2.26. The molecule has 17 heavy (non-hydrogen) atoms. The van der Waals surface area contributed by atoms with Crippen LogP contribution in [0.25, 0.3) is 0 Å². The summed E-state index contributed by atoms with van der Waals surface area (Å²) in [5.41, 5.74) is 7.84. The maximum atomic E-state index is 6.44. The summed E-state index contributed by atoms with van der Waals surface area (Å²) in [5, 5.41) is 2.17. The van der Waals surface area contributed by atoms with Crippen LogP contribution in [0.15, 0.2) is 11.4 Å². The van der Waals surface area contributed by atoms with Gasteiger partial charge in [0.2, 0.25) is 0 Å². The molecular formula is C15H25NS. The summed E-state index contributed by atoms with van der Waals surface area (Å²) in [6.07, 6.45) is 8.22. The second-order valence-electron chi connectivity index (χ2n) is 5.53. The lowest BCUT2D eigenvalue weighted by Gasteiger charge is -2.32. The second-order valence-corrected chi connectivity index (χ2v) is 6.65. The Morgan fingerprint density at radius 1 is 1.35 bits per heavy atom. The third kappa shape index (κ3) is 3.11. The van der Waals surface area contributed by atoms with E-state index in [9.17, 15) is 0 Å². The van der Waals surface area contributed by atoms with Crippen molar-refractivity contribution in [2.75, 3.05) is 0 Å². The predicted molar refractivity (Wildman–Crippen MR) is 76.3 cm³/mol. The summed E-state index contributed by atoms with van der Waals surface area (Å²) in [4.78, 5) is 1.41. The van der Waals surface area contributed by atoms with Crippen molar-refractivity contribution in [3.63, 3.8) is 0 Å². The number of thiophene rings is 1. The molecule has 1 unspecified atom stereocenters. The molecule has 1 heterocycles. The monoisotopic (exact) mass is 251 g/mol. The van der Waals surface area contributed by atoms with Crippen LogP contribution in [-0.2, 0) is 0 Å². The van der Waals surface area contributed by atoms with E-state index in [1.165, 1.54) is 49.0 Å². The van der Waals surface area contributed by atoms with Crippen molar-refractivity contribution in [2.24, 2.45) is 17.6 Å². The van der Waals surface area contributed by atoms with Crippen molar-refractivity contribution < 1.29 is 0 Å². The number of aryl methyl sites for hydroxylation is 1. The number of rotatable bonds is 4. The third-order valence-corrected chi connectivity index (χ3v) is 5.22. The molecule has 0 bridgehead atoms. The largest absolute Gasteiger partial charge is 0.324 e. The minimum Gasteiger partial charge on any atom is -0.324 e. The Kier molecular flexibility index (Phi) is 4.63. The van der Waals surface area contributed by atoms with Crippen molar-refractivity contribution in [3.8, 4) is 0 Å². The average molecular weight is 251 g/mol. The van der Waals surface area contributed by atoms with Crippen LogP contribution in [0.5, 0.6) is 0 Å². The van der Waals surface area contributed by atoms with Gasteiger partial charge in [0.25, 0.3) is 0 Å². The van der Waals surface area contributed by atoms with Gasteiger partial charge in [0.15, 0.2) is 0 Å². The van der Waals surface area contributed by atoms with Gasteiger partial charge in [0.05, 0.1) is 0 Å². The normalized spacial score (nSPS) is 27.0. The molecule has 0 aromatic carbocycles. The highest BCUT2D eigenvalue weighted by molar-refractivity contribution is 7.10. The van der Waals surface area contributed by atoms with Crippen molar-refractivity contribution in [1.82, 2.24) is 0 Å². The topological polar surface area (TPSA) is 26.0 Å². The lowest BCUT2D eigenvalue weighted by atomic mass is 9.76. The van der Waals surface area contributed by atoms with Gasteiger partial charge in [-0.05, 0) is 48.6 Å². The summed E-state index contributed by atoms with van der Waals surface area (Å²) in [6.45, 7) is 4.50. The maximum absolute atomic E-state index is 6.44. The summed E-state index contributed by atoms with van der Waals surface area (Å²) < 4.78 is 0. The van der Waals surface area contributed by atoms with Gasteiger partial charge in [0, 0.05) is 10.9 Å². The van der Waals surface area contributed by atoms with Crippen LogP contribution in [-0.4, -0.2) is 0 Å². The number of hydrogen-bond donors (Lipinski definition) is 1. The summed E-state index contributed by atoms with van der Waals surface area (Å²) >= 11 is 1.83. The van der Waals surface area contributed by atoms with E-state index in [2.05, 4.69) is 25.3 Å². The van der Waals surface area contributed by atoms with E-state index in [1.54, 1.807) is 0 Å². The molecule has 2 N–H and O–H groups in total. The smallest absolute Gasteiger partial charge is 0.0334 e. The molecule has 0 amide bonds. The predicted octanol–water partition coefficient (Wildman–Crippen LogP) is 4.66. The third-order valence-electron chi connectivity index (χ3n) is 4.35. The van der Waals surface area contributed by atoms with Crippen molar-refractivity contribution >= 4 is 11.3 Å². The van der Waals surface area contributed by atoms with Crippen LogP contribution in [0.1, 0.15) is 61.9 Å². The Labute approximate surface area is 109 Å². The van der Waals surface area contributed by atoms with Gasteiger partial charge in [-0.3, -0.25) is 0 Å². The van der Waals surface area contributed by atoms with Crippen LogP contribution in [0.3, 0.4) is 0 Å². The quantitative estimate of drug-likeness (QED) is 0.827. The standard InChI is InChI=1S/C15H25NS/c1-3-4-12-5-7-13(8-6-12)15(16)14-9-10-17-11(14)2/h9-10,12-13,15H,3-8,16H2,1-2H3. The lowest BCUT2D eigenvalue weighted by molar-refractivity contribution is 0.234. The van der Waals surface area contributed by atoms with Crippen molar-refractivity contribution in [3.05, 3.63) is 21.9 Å². The molecule has 0 saturated heterocycles. The van der Waals surface area contributed by atoms with Gasteiger partial charge < -0.3 is 5.73 Å². The van der Waals surface area contributed by atoms with Crippen LogP contribution in [0, 0.1) is 18.8 Å². The highest BCUT2D eigenvalue weighted by atomic mass is 32.1. The van der Waals surface area contributed by atoms with Crippen LogP contribution in [0.2, 0.25) is 0 Å². The first kappa shape index (κ1) is 13.1.